The molecular weight excluding hydrogens is 258 g/mol. The molecule has 0 spiro atoms. The zero-order valence-corrected chi connectivity index (χ0v) is 14.2. The lowest BCUT2D eigenvalue weighted by Gasteiger charge is -2.47. The molecule has 0 aromatic carbocycles. The molecule has 0 heterocycles. The number of hydrogen-bond donors (Lipinski definition) is 2. The minimum absolute atomic E-state index is 0.205. The summed E-state index contributed by atoms with van der Waals surface area (Å²) in [4.78, 5) is 2.46. The first-order valence-corrected chi connectivity index (χ1v) is 9.03. The highest BCUT2D eigenvalue weighted by molar-refractivity contribution is 5.20. The van der Waals surface area contributed by atoms with Crippen LogP contribution in [0.4, 0.5) is 0 Å². The second-order valence-corrected chi connectivity index (χ2v) is 7.24. The normalized spacial score (nSPS) is 25.6. The van der Waals surface area contributed by atoms with Crippen LogP contribution in [0.1, 0.15) is 77.0 Å². The van der Waals surface area contributed by atoms with Gasteiger partial charge in [0.15, 0.2) is 0 Å². The molecular formula is C18H35N3. The van der Waals surface area contributed by atoms with Crippen LogP contribution in [-0.4, -0.2) is 30.6 Å². The molecule has 0 saturated heterocycles. The van der Waals surface area contributed by atoms with E-state index in [2.05, 4.69) is 30.5 Å². The van der Waals surface area contributed by atoms with Crippen LogP contribution in [0, 0.1) is 0 Å². The van der Waals surface area contributed by atoms with Crippen molar-refractivity contribution in [3.05, 3.63) is 11.6 Å². The summed E-state index contributed by atoms with van der Waals surface area (Å²) < 4.78 is 0. The van der Waals surface area contributed by atoms with Gasteiger partial charge in [0.25, 0.3) is 0 Å². The van der Waals surface area contributed by atoms with Gasteiger partial charge in [-0.05, 0) is 52.6 Å². The number of nitrogens with two attached hydrogens (primary N) is 1. The Morgan fingerprint density at radius 2 is 1.62 bits per heavy atom. The number of likely N-dealkylation sites (N-methyl/N-ethyl adjacent to an activating group) is 1. The molecule has 122 valence electrons. The third-order valence-corrected chi connectivity index (χ3v) is 5.76. The first kappa shape index (κ1) is 17.0. The van der Waals surface area contributed by atoms with Crippen molar-refractivity contribution in [3.8, 4) is 0 Å². The van der Waals surface area contributed by atoms with Gasteiger partial charge in [-0.2, -0.15) is 0 Å². The SMILES string of the molecule is CN(C)C1(C(NN)C2=CCCCCCC2)CCCCCC1. The van der Waals surface area contributed by atoms with Crippen molar-refractivity contribution in [1.29, 1.82) is 0 Å². The average molecular weight is 293 g/mol. The summed E-state index contributed by atoms with van der Waals surface area (Å²) in [7, 11) is 4.50. The summed E-state index contributed by atoms with van der Waals surface area (Å²) in [6, 6.07) is 0.323. The van der Waals surface area contributed by atoms with Crippen LogP contribution in [0.3, 0.4) is 0 Å². The van der Waals surface area contributed by atoms with Crippen LogP contribution in [0.2, 0.25) is 0 Å². The Morgan fingerprint density at radius 1 is 1.00 bits per heavy atom. The maximum absolute atomic E-state index is 6.08. The monoisotopic (exact) mass is 293 g/mol. The number of rotatable bonds is 4. The maximum Gasteiger partial charge on any atom is 0.0603 e. The van der Waals surface area contributed by atoms with Crippen LogP contribution in [-0.2, 0) is 0 Å². The smallest absolute Gasteiger partial charge is 0.0603 e. The molecule has 0 aromatic heterocycles. The molecule has 0 bridgehead atoms. The second-order valence-electron chi connectivity index (χ2n) is 7.24. The molecule has 2 rings (SSSR count). The van der Waals surface area contributed by atoms with Crippen LogP contribution >= 0.6 is 0 Å². The van der Waals surface area contributed by atoms with Crippen LogP contribution in [0.5, 0.6) is 0 Å². The van der Waals surface area contributed by atoms with Gasteiger partial charge in [-0.1, -0.05) is 50.2 Å². The Balaban J connectivity index is 2.25. The molecule has 1 saturated carbocycles. The van der Waals surface area contributed by atoms with Gasteiger partial charge in [-0.15, -0.1) is 0 Å². The van der Waals surface area contributed by atoms with E-state index in [9.17, 15) is 0 Å². The minimum Gasteiger partial charge on any atom is -0.302 e. The predicted molar refractivity (Wildman–Crippen MR) is 91.0 cm³/mol. The number of nitrogens with one attached hydrogen (secondary N) is 1. The van der Waals surface area contributed by atoms with Gasteiger partial charge in [0.1, 0.15) is 0 Å². The molecule has 1 fully saturated rings. The molecule has 1 atom stereocenters. The van der Waals surface area contributed by atoms with Crippen LogP contribution in [0.15, 0.2) is 11.6 Å². The van der Waals surface area contributed by atoms with E-state index in [0.29, 0.717) is 6.04 Å². The molecule has 3 heteroatoms. The molecule has 0 aliphatic heterocycles. The fourth-order valence-corrected chi connectivity index (χ4v) is 4.42. The van der Waals surface area contributed by atoms with E-state index < -0.39 is 0 Å². The van der Waals surface area contributed by atoms with E-state index in [1.165, 1.54) is 77.0 Å². The molecule has 2 aliphatic rings. The van der Waals surface area contributed by atoms with Crippen LogP contribution < -0.4 is 11.3 Å². The van der Waals surface area contributed by atoms with Crippen molar-refractivity contribution in [2.45, 2.75) is 88.6 Å². The van der Waals surface area contributed by atoms with Crippen LogP contribution in [0.25, 0.3) is 0 Å². The van der Waals surface area contributed by atoms with Crippen molar-refractivity contribution < 1.29 is 0 Å². The number of hydrazine groups is 1. The highest BCUT2D eigenvalue weighted by atomic mass is 15.3. The minimum atomic E-state index is 0.205. The fourth-order valence-electron chi connectivity index (χ4n) is 4.42. The van der Waals surface area contributed by atoms with E-state index in [1.807, 2.05) is 0 Å². The fraction of sp³-hybridized carbons (Fsp3) is 0.889. The Labute approximate surface area is 131 Å². The van der Waals surface area contributed by atoms with Crippen molar-refractivity contribution in [2.75, 3.05) is 14.1 Å². The standard InChI is InChI=1S/C18H35N3/c1-21(2)18(14-10-6-7-11-15-18)17(20-19)16-12-8-4-3-5-9-13-16/h12,17,20H,3-11,13-15,19H2,1-2H3. The van der Waals surface area contributed by atoms with E-state index in [0.717, 1.165) is 0 Å². The second kappa shape index (κ2) is 8.30. The molecule has 0 radical (unpaired) electrons. The molecule has 0 aromatic rings. The third-order valence-electron chi connectivity index (χ3n) is 5.76. The zero-order chi connectivity index (χ0) is 15.1. The molecule has 3 nitrogen and oxygen atoms in total. The topological polar surface area (TPSA) is 41.3 Å². The summed E-state index contributed by atoms with van der Waals surface area (Å²) in [5.41, 5.74) is 5.01. The molecule has 21 heavy (non-hydrogen) atoms. The lowest BCUT2D eigenvalue weighted by atomic mass is 9.76. The molecule has 0 amide bonds. The highest BCUT2D eigenvalue weighted by Gasteiger charge is 2.41. The Morgan fingerprint density at radius 3 is 2.24 bits per heavy atom. The average Bonchev–Trinajstić information content (AvgIpc) is 2.68. The van der Waals surface area contributed by atoms with Crippen molar-refractivity contribution in [3.63, 3.8) is 0 Å². The number of nitrogens with zero attached hydrogens (tertiary/aromatic N) is 1. The summed E-state index contributed by atoms with van der Waals surface area (Å²) >= 11 is 0. The van der Waals surface area contributed by atoms with Gasteiger partial charge in [-0.25, -0.2) is 0 Å². The lowest BCUT2D eigenvalue weighted by molar-refractivity contribution is 0.0927. The summed E-state index contributed by atoms with van der Waals surface area (Å²) in [6.07, 6.45) is 18.4. The molecule has 2 aliphatic carbocycles. The lowest BCUT2D eigenvalue weighted by Crippen LogP contribution is -2.61. The van der Waals surface area contributed by atoms with Crippen molar-refractivity contribution >= 4 is 0 Å². The third kappa shape index (κ3) is 4.08. The van der Waals surface area contributed by atoms with Gasteiger partial charge in [0.2, 0.25) is 0 Å². The molecule has 1 unspecified atom stereocenters. The Kier molecular flexibility index (Phi) is 6.72. The van der Waals surface area contributed by atoms with Gasteiger partial charge >= 0.3 is 0 Å². The predicted octanol–water partition coefficient (Wildman–Crippen LogP) is 3.75. The number of hydrogen-bond acceptors (Lipinski definition) is 3. The van der Waals surface area contributed by atoms with Gasteiger partial charge in [0, 0.05) is 5.54 Å². The van der Waals surface area contributed by atoms with E-state index in [1.54, 1.807) is 5.57 Å². The summed E-state index contributed by atoms with van der Waals surface area (Å²) in [5, 5.41) is 0. The van der Waals surface area contributed by atoms with Crippen molar-refractivity contribution in [2.24, 2.45) is 5.84 Å². The summed E-state index contributed by atoms with van der Waals surface area (Å²) in [6.45, 7) is 0. The zero-order valence-electron chi connectivity index (χ0n) is 14.2. The highest BCUT2D eigenvalue weighted by Crippen LogP contribution is 2.38. The first-order chi connectivity index (χ1) is 10.2. The largest absolute Gasteiger partial charge is 0.302 e. The first-order valence-electron chi connectivity index (χ1n) is 9.03. The van der Waals surface area contributed by atoms with Gasteiger partial charge in [-0.3, -0.25) is 11.3 Å². The summed E-state index contributed by atoms with van der Waals surface area (Å²) in [5.74, 6) is 6.08. The quantitative estimate of drug-likeness (QED) is 0.359. The van der Waals surface area contributed by atoms with E-state index in [-0.39, 0.29) is 5.54 Å². The Hall–Kier alpha value is -0.380. The Bertz CT molecular complexity index is 327. The van der Waals surface area contributed by atoms with E-state index in [4.69, 9.17) is 5.84 Å². The van der Waals surface area contributed by atoms with Crippen molar-refractivity contribution in [1.82, 2.24) is 10.3 Å². The van der Waals surface area contributed by atoms with Gasteiger partial charge < -0.3 is 4.90 Å². The molecule has 3 N–H and O–H groups in total. The maximum atomic E-state index is 6.08. The number of allylic oxidation sites excluding steroid dienone is 1. The van der Waals surface area contributed by atoms with Gasteiger partial charge in [0.05, 0.1) is 6.04 Å². The van der Waals surface area contributed by atoms with E-state index >= 15 is 0 Å².